The third-order valence-electron chi connectivity index (χ3n) is 2.36. The van der Waals surface area contributed by atoms with Gasteiger partial charge in [-0.1, -0.05) is 24.1 Å². The molecule has 0 heterocycles. The van der Waals surface area contributed by atoms with Crippen LogP contribution in [0.15, 0.2) is 41.9 Å². The van der Waals surface area contributed by atoms with E-state index in [-0.39, 0.29) is 18.5 Å². The van der Waals surface area contributed by atoms with Crippen LogP contribution in [0.3, 0.4) is 0 Å². The lowest BCUT2D eigenvalue weighted by Gasteiger charge is -2.16. The van der Waals surface area contributed by atoms with Crippen LogP contribution in [0.2, 0.25) is 0 Å². The molecule has 0 amide bonds. The molecule has 0 saturated carbocycles. The largest absolute Gasteiger partial charge is 0.500 e. The quantitative estimate of drug-likeness (QED) is 0.430. The molecule has 0 aliphatic rings. The highest BCUT2D eigenvalue weighted by Gasteiger charge is 2.29. The molecule has 0 spiro atoms. The number of allylic oxidation sites excluding steroid dienone is 1. The normalized spacial score (nSPS) is 11.7. The van der Waals surface area contributed by atoms with Crippen LogP contribution >= 0.6 is 7.60 Å². The molecule has 0 saturated heterocycles. The molecule has 1 aromatic rings. The lowest BCUT2D eigenvalue weighted by atomic mass is 10.2. The van der Waals surface area contributed by atoms with Crippen molar-refractivity contribution in [2.45, 2.75) is 20.8 Å². The highest BCUT2D eigenvalue weighted by molar-refractivity contribution is 7.58. The van der Waals surface area contributed by atoms with Gasteiger partial charge in [-0.05, 0) is 38.8 Å². The standard InChI is InChI=1S/C16H21O4P/c1-4-18-14-16(21(17,19-5-2)20-6-3)13-12-15-10-8-7-9-11-15/h7-11,14H,4-6H2,1-3H3/b16-14-. The molecule has 0 radical (unpaired) electrons. The number of rotatable bonds is 7. The van der Waals surface area contributed by atoms with Gasteiger partial charge in [0.1, 0.15) is 11.6 Å². The molecule has 0 atom stereocenters. The second kappa shape index (κ2) is 9.41. The molecule has 0 aliphatic carbocycles. The van der Waals surface area contributed by atoms with Gasteiger partial charge < -0.3 is 13.8 Å². The van der Waals surface area contributed by atoms with Crippen LogP contribution in [-0.2, 0) is 18.3 Å². The lowest BCUT2D eigenvalue weighted by Crippen LogP contribution is -1.99. The van der Waals surface area contributed by atoms with Crippen molar-refractivity contribution >= 4 is 7.60 Å². The number of benzene rings is 1. The zero-order valence-electron chi connectivity index (χ0n) is 12.7. The molecular weight excluding hydrogens is 287 g/mol. The van der Waals surface area contributed by atoms with Crippen LogP contribution in [-0.4, -0.2) is 19.8 Å². The van der Waals surface area contributed by atoms with Crippen molar-refractivity contribution < 1.29 is 18.3 Å². The van der Waals surface area contributed by atoms with E-state index in [1.54, 1.807) is 13.8 Å². The smallest absolute Gasteiger partial charge is 0.372 e. The number of ether oxygens (including phenoxy) is 1. The van der Waals surface area contributed by atoms with Gasteiger partial charge in [-0.2, -0.15) is 0 Å². The van der Waals surface area contributed by atoms with Gasteiger partial charge in [0, 0.05) is 5.56 Å². The topological polar surface area (TPSA) is 44.8 Å². The highest BCUT2D eigenvalue weighted by Crippen LogP contribution is 2.55. The third-order valence-corrected chi connectivity index (χ3v) is 4.37. The Hall–Kier alpha value is -1.53. The minimum Gasteiger partial charge on any atom is -0.500 e. The molecule has 0 bridgehead atoms. The predicted octanol–water partition coefficient (Wildman–Crippen LogP) is 4.18. The van der Waals surface area contributed by atoms with Crippen molar-refractivity contribution in [1.29, 1.82) is 0 Å². The van der Waals surface area contributed by atoms with Gasteiger partial charge >= 0.3 is 7.60 Å². The average Bonchev–Trinajstić information content (AvgIpc) is 2.48. The van der Waals surface area contributed by atoms with Gasteiger partial charge in [0.15, 0.2) is 0 Å². The van der Waals surface area contributed by atoms with Gasteiger partial charge in [0.25, 0.3) is 0 Å². The summed E-state index contributed by atoms with van der Waals surface area (Å²) in [6.45, 7) is 6.35. The molecule has 21 heavy (non-hydrogen) atoms. The maximum Gasteiger partial charge on any atom is 0.372 e. The van der Waals surface area contributed by atoms with E-state index in [9.17, 15) is 4.57 Å². The first-order valence-electron chi connectivity index (χ1n) is 6.94. The van der Waals surface area contributed by atoms with Crippen molar-refractivity contribution in [2.75, 3.05) is 19.8 Å². The van der Waals surface area contributed by atoms with Crippen molar-refractivity contribution in [3.8, 4) is 11.8 Å². The molecule has 0 unspecified atom stereocenters. The van der Waals surface area contributed by atoms with Crippen molar-refractivity contribution in [3.63, 3.8) is 0 Å². The first kappa shape index (κ1) is 17.5. The Morgan fingerprint density at radius 1 is 1.10 bits per heavy atom. The predicted molar refractivity (Wildman–Crippen MR) is 83.9 cm³/mol. The Morgan fingerprint density at radius 3 is 2.24 bits per heavy atom. The van der Waals surface area contributed by atoms with Crippen molar-refractivity contribution in [1.82, 2.24) is 0 Å². The fraction of sp³-hybridized carbons (Fsp3) is 0.375. The Bertz CT molecular complexity index is 545. The third kappa shape index (κ3) is 5.77. The van der Waals surface area contributed by atoms with Crippen LogP contribution in [0.1, 0.15) is 26.3 Å². The SMILES string of the molecule is CCO/C=C(/C#Cc1ccccc1)P(=O)(OCC)OCC. The fourth-order valence-corrected chi connectivity index (χ4v) is 2.93. The number of hydrogen-bond donors (Lipinski definition) is 0. The van der Waals surface area contributed by atoms with E-state index in [0.717, 1.165) is 5.56 Å². The first-order valence-corrected chi connectivity index (χ1v) is 8.49. The molecule has 114 valence electrons. The van der Waals surface area contributed by atoms with E-state index >= 15 is 0 Å². The summed E-state index contributed by atoms with van der Waals surface area (Å²) in [5.41, 5.74) is 0.819. The Balaban J connectivity index is 3.11. The number of hydrogen-bond acceptors (Lipinski definition) is 4. The van der Waals surface area contributed by atoms with Gasteiger partial charge in [-0.3, -0.25) is 4.57 Å². The van der Waals surface area contributed by atoms with Gasteiger partial charge in [-0.15, -0.1) is 0 Å². The molecule has 4 nitrogen and oxygen atoms in total. The second-order valence-electron chi connectivity index (χ2n) is 3.91. The van der Waals surface area contributed by atoms with Gasteiger partial charge in [0.2, 0.25) is 0 Å². The molecule has 1 rings (SSSR count). The van der Waals surface area contributed by atoms with Crippen molar-refractivity contribution in [2.24, 2.45) is 0 Å². The molecule has 1 aromatic carbocycles. The molecule has 0 aromatic heterocycles. The van der Waals surface area contributed by atoms with E-state index in [0.29, 0.717) is 6.61 Å². The summed E-state index contributed by atoms with van der Waals surface area (Å²) in [7, 11) is -3.43. The maximum absolute atomic E-state index is 12.7. The summed E-state index contributed by atoms with van der Waals surface area (Å²) in [4.78, 5) is 0. The summed E-state index contributed by atoms with van der Waals surface area (Å²) in [6, 6.07) is 9.43. The zero-order chi connectivity index (χ0) is 15.6. The molecule has 0 aliphatic heterocycles. The summed E-state index contributed by atoms with van der Waals surface area (Å²) in [6.07, 6.45) is 1.36. The fourth-order valence-electron chi connectivity index (χ4n) is 1.50. The minimum atomic E-state index is -3.43. The minimum absolute atomic E-state index is 0.233. The lowest BCUT2D eigenvalue weighted by molar-refractivity contribution is 0.223. The summed E-state index contributed by atoms with van der Waals surface area (Å²) in [5, 5.41) is 0.233. The van der Waals surface area contributed by atoms with E-state index in [4.69, 9.17) is 13.8 Å². The van der Waals surface area contributed by atoms with Crippen LogP contribution < -0.4 is 0 Å². The van der Waals surface area contributed by atoms with E-state index in [2.05, 4.69) is 11.8 Å². The Labute approximate surface area is 126 Å². The van der Waals surface area contributed by atoms with Crippen LogP contribution in [0.5, 0.6) is 0 Å². The first-order chi connectivity index (χ1) is 10.2. The molecular formula is C16H21O4P. The van der Waals surface area contributed by atoms with Gasteiger partial charge in [0.05, 0.1) is 19.8 Å². The van der Waals surface area contributed by atoms with Crippen molar-refractivity contribution in [3.05, 3.63) is 47.5 Å². The highest BCUT2D eigenvalue weighted by atomic mass is 31.2. The molecule has 0 N–H and O–H groups in total. The van der Waals surface area contributed by atoms with Crippen LogP contribution in [0, 0.1) is 11.8 Å². The van der Waals surface area contributed by atoms with E-state index in [1.807, 2.05) is 37.3 Å². The zero-order valence-corrected chi connectivity index (χ0v) is 13.6. The van der Waals surface area contributed by atoms with E-state index in [1.165, 1.54) is 6.26 Å². The summed E-state index contributed by atoms with van der Waals surface area (Å²) >= 11 is 0. The Kier molecular flexibility index (Phi) is 7.85. The van der Waals surface area contributed by atoms with E-state index < -0.39 is 7.60 Å². The second-order valence-corrected chi connectivity index (χ2v) is 5.90. The van der Waals surface area contributed by atoms with Crippen LogP contribution in [0.25, 0.3) is 0 Å². The summed E-state index contributed by atoms with van der Waals surface area (Å²) < 4.78 is 28.6. The Morgan fingerprint density at radius 2 is 1.71 bits per heavy atom. The molecule has 5 heteroatoms. The van der Waals surface area contributed by atoms with Crippen LogP contribution in [0.4, 0.5) is 0 Å². The summed E-state index contributed by atoms with van der Waals surface area (Å²) in [5.74, 6) is 5.80. The molecule has 0 fully saturated rings. The maximum atomic E-state index is 12.7. The van der Waals surface area contributed by atoms with Gasteiger partial charge in [-0.25, -0.2) is 0 Å². The monoisotopic (exact) mass is 308 g/mol. The average molecular weight is 308 g/mol.